The third kappa shape index (κ3) is 3.29. The fraction of sp³-hybridized carbons (Fsp3) is 0.467. The normalized spacial score (nSPS) is 18.1. The van der Waals surface area contributed by atoms with E-state index >= 15 is 0 Å². The molecule has 0 radical (unpaired) electrons. The van der Waals surface area contributed by atoms with Crippen molar-refractivity contribution in [2.45, 2.75) is 26.7 Å². The Morgan fingerprint density at radius 1 is 1.15 bits per heavy atom. The number of anilines is 1. The molecule has 20 heavy (non-hydrogen) atoms. The van der Waals surface area contributed by atoms with E-state index in [1.54, 1.807) is 7.11 Å². The predicted molar refractivity (Wildman–Crippen MR) is 76.4 cm³/mol. The molecule has 1 aromatic carbocycles. The van der Waals surface area contributed by atoms with Crippen molar-refractivity contribution in [3.8, 4) is 5.75 Å². The number of nitrogens with zero attached hydrogens (tertiary/aromatic N) is 1. The highest BCUT2D eigenvalue weighted by atomic mass is 16.5. The van der Waals surface area contributed by atoms with Gasteiger partial charge in [-0.05, 0) is 29.7 Å². The molecule has 1 fully saturated rings. The van der Waals surface area contributed by atoms with Crippen molar-refractivity contribution < 1.29 is 14.3 Å². The first-order valence-corrected chi connectivity index (χ1v) is 6.62. The molecule has 1 heterocycles. The van der Waals surface area contributed by atoms with Gasteiger partial charge in [0.25, 0.3) is 0 Å². The number of hydrogen-bond donors (Lipinski definition) is 1. The Hall–Kier alpha value is -2.04. The largest absolute Gasteiger partial charge is 0.497 e. The summed E-state index contributed by atoms with van der Waals surface area (Å²) in [5, 5.41) is 3.08. The van der Waals surface area contributed by atoms with Crippen LogP contribution in [0.15, 0.2) is 24.3 Å². The van der Waals surface area contributed by atoms with Crippen LogP contribution in [-0.4, -0.2) is 30.5 Å². The van der Waals surface area contributed by atoms with E-state index in [1.807, 2.05) is 38.1 Å². The second kappa shape index (κ2) is 5.53. The molecule has 0 aromatic heterocycles. The summed E-state index contributed by atoms with van der Waals surface area (Å²) in [6.07, 6.45) is 0.812. The standard InChI is InChI=1S/C15H20N2O3/c1-15(2)8-13(18)17(14(19)9-15)10-16-11-4-6-12(20-3)7-5-11/h4-7,16H,8-10H2,1-3H3. The van der Waals surface area contributed by atoms with Gasteiger partial charge in [-0.2, -0.15) is 0 Å². The maximum atomic E-state index is 12.0. The highest BCUT2D eigenvalue weighted by molar-refractivity contribution is 5.98. The van der Waals surface area contributed by atoms with E-state index in [-0.39, 0.29) is 23.9 Å². The highest BCUT2D eigenvalue weighted by Crippen LogP contribution is 2.31. The summed E-state index contributed by atoms with van der Waals surface area (Å²) in [6, 6.07) is 7.35. The average molecular weight is 276 g/mol. The summed E-state index contributed by atoms with van der Waals surface area (Å²) in [5.41, 5.74) is 0.612. The number of rotatable bonds is 4. The van der Waals surface area contributed by atoms with Crippen LogP contribution in [0.3, 0.4) is 0 Å². The van der Waals surface area contributed by atoms with E-state index in [1.165, 1.54) is 4.90 Å². The summed E-state index contributed by atoms with van der Waals surface area (Å²) in [5.74, 6) is 0.530. The Balaban J connectivity index is 1.96. The minimum Gasteiger partial charge on any atom is -0.497 e. The quantitative estimate of drug-likeness (QED) is 0.857. The van der Waals surface area contributed by atoms with Crippen LogP contribution in [0.1, 0.15) is 26.7 Å². The molecule has 0 atom stereocenters. The molecule has 2 amide bonds. The van der Waals surface area contributed by atoms with Crippen molar-refractivity contribution in [2.75, 3.05) is 19.1 Å². The first-order chi connectivity index (χ1) is 9.41. The summed E-state index contributed by atoms with van der Waals surface area (Å²) >= 11 is 0. The monoisotopic (exact) mass is 276 g/mol. The third-order valence-corrected chi connectivity index (χ3v) is 3.39. The van der Waals surface area contributed by atoms with Crippen LogP contribution in [0, 0.1) is 5.41 Å². The summed E-state index contributed by atoms with van der Waals surface area (Å²) in [7, 11) is 1.61. The molecular formula is C15H20N2O3. The van der Waals surface area contributed by atoms with Crippen molar-refractivity contribution >= 4 is 17.5 Å². The number of ether oxygens (including phenoxy) is 1. The molecule has 5 heteroatoms. The highest BCUT2D eigenvalue weighted by Gasteiger charge is 2.37. The Bertz CT molecular complexity index is 488. The van der Waals surface area contributed by atoms with E-state index in [9.17, 15) is 9.59 Å². The summed E-state index contributed by atoms with van der Waals surface area (Å²) in [6.45, 7) is 4.09. The number of amides is 2. The zero-order valence-corrected chi connectivity index (χ0v) is 12.1. The third-order valence-electron chi connectivity index (χ3n) is 3.39. The molecule has 0 bridgehead atoms. The van der Waals surface area contributed by atoms with E-state index < -0.39 is 0 Å². The van der Waals surface area contributed by atoms with Gasteiger partial charge in [-0.3, -0.25) is 14.5 Å². The summed E-state index contributed by atoms with van der Waals surface area (Å²) in [4.78, 5) is 25.3. The number of benzene rings is 1. The molecule has 0 spiro atoms. The van der Waals surface area contributed by atoms with Crippen molar-refractivity contribution in [2.24, 2.45) is 5.41 Å². The Labute approximate surface area is 118 Å². The molecule has 1 saturated heterocycles. The molecule has 5 nitrogen and oxygen atoms in total. The lowest BCUT2D eigenvalue weighted by molar-refractivity contribution is -0.151. The fourth-order valence-electron chi connectivity index (χ4n) is 2.27. The first-order valence-electron chi connectivity index (χ1n) is 6.62. The van der Waals surface area contributed by atoms with E-state index in [0.717, 1.165) is 11.4 Å². The molecular weight excluding hydrogens is 256 g/mol. The van der Waals surface area contributed by atoms with Crippen LogP contribution in [0.5, 0.6) is 5.75 Å². The molecule has 0 unspecified atom stereocenters. The van der Waals surface area contributed by atoms with Crippen LogP contribution in [0.4, 0.5) is 5.69 Å². The van der Waals surface area contributed by atoms with Crippen molar-refractivity contribution in [3.63, 3.8) is 0 Å². The number of carbonyl (C=O) groups excluding carboxylic acids is 2. The molecule has 0 aliphatic carbocycles. The Morgan fingerprint density at radius 3 is 2.20 bits per heavy atom. The Morgan fingerprint density at radius 2 is 1.70 bits per heavy atom. The van der Waals surface area contributed by atoms with Crippen molar-refractivity contribution in [1.82, 2.24) is 4.90 Å². The number of piperidine rings is 1. The molecule has 1 aromatic rings. The van der Waals surface area contributed by atoms with E-state index in [2.05, 4.69) is 5.32 Å². The molecule has 0 saturated carbocycles. The first kappa shape index (κ1) is 14.4. The summed E-state index contributed by atoms with van der Waals surface area (Å²) < 4.78 is 5.07. The fourth-order valence-corrected chi connectivity index (χ4v) is 2.27. The second-order valence-corrected chi connectivity index (χ2v) is 5.80. The van der Waals surface area contributed by atoms with Crippen LogP contribution in [0.2, 0.25) is 0 Å². The van der Waals surface area contributed by atoms with Crippen LogP contribution in [0.25, 0.3) is 0 Å². The van der Waals surface area contributed by atoms with Crippen molar-refractivity contribution in [1.29, 1.82) is 0 Å². The number of nitrogens with one attached hydrogen (secondary N) is 1. The van der Waals surface area contributed by atoms with E-state index in [4.69, 9.17) is 4.74 Å². The maximum absolute atomic E-state index is 12.0. The van der Waals surface area contributed by atoms with E-state index in [0.29, 0.717) is 12.8 Å². The molecule has 108 valence electrons. The van der Waals surface area contributed by atoms with Gasteiger partial charge in [0.2, 0.25) is 11.8 Å². The van der Waals surface area contributed by atoms with Gasteiger partial charge in [-0.1, -0.05) is 13.8 Å². The minimum atomic E-state index is -0.231. The van der Waals surface area contributed by atoms with Crippen LogP contribution < -0.4 is 10.1 Å². The molecule has 2 rings (SSSR count). The van der Waals surface area contributed by atoms with Gasteiger partial charge in [0.15, 0.2) is 0 Å². The van der Waals surface area contributed by atoms with Gasteiger partial charge in [0, 0.05) is 18.5 Å². The van der Waals surface area contributed by atoms with Crippen molar-refractivity contribution in [3.05, 3.63) is 24.3 Å². The number of hydrogen-bond acceptors (Lipinski definition) is 4. The predicted octanol–water partition coefficient (Wildman–Crippen LogP) is 2.24. The van der Waals surface area contributed by atoms with Gasteiger partial charge in [-0.25, -0.2) is 0 Å². The Kier molecular flexibility index (Phi) is 3.97. The average Bonchev–Trinajstić information content (AvgIpc) is 2.37. The molecule has 1 aliphatic rings. The van der Waals surface area contributed by atoms with Gasteiger partial charge >= 0.3 is 0 Å². The maximum Gasteiger partial charge on any atom is 0.231 e. The topological polar surface area (TPSA) is 58.6 Å². The molecule has 1 N–H and O–H groups in total. The second-order valence-electron chi connectivity index (χ2n) is 5.80. The zero-order chi connectivity index (χ0) is 14.8. The molecule has 1 aliphatic heterocycles. The number of carbonyl (C=O) groups is 2. The number of likely N-dealkylation sites (tertiary alicyclic amines) is 1. The van der Waals surface area contributed by atoms with Gasteiger partial charge < -0.3 is 10.1 Å². The SMILES string of the molecule is COc1ccc(NCN2C(=O)CC(C)(C)CC2=O)cc1. The van der Waals surface area contributed by atoms with Crippen LogP contribution >= 0.6 is 0 Å². The van der Waals surface area contributed by atoms with Crippen LogP contribution in [-0.2, 0) is 9.59 Å². The smallest absolute Gasteiger partial charge is 0.231 e. The minimum absolute atomic E-state index is 0.118. The number of methoxy groups -OCH3 is 1. The lowest BCUT2D eigenvalue weighted by Gasteiger charge is -2.34. The lowest BCUT2D eigenvalue weighted by atomic mass is 9.82. The van der Waals surface area contributed by atoms with Gasteiger partial charge in [0.1, 0.15) is 5.75 Å². The lowest BCUT2D eigenvalue weighted by Crippen LogP contribution is -2.48. The number of imide groups is 1. The zero-order valence-electron chi connectivity index (χ0n) is 12.1. The van der Waals surface area contributed by atoms with Gasteiger partial charge in [-0.15, -0.1) is 0 Å². The van der Waals surface area contributed by atoms with Gasteiger partial charge in [0.05, 0.1) is 13.8 Å².